The summed E-state index contributed by atoms with van der Waals surface area (Å²) in [5.41, 5.74) is 27.4. The zero-order valence-corrected chi connectivity index (χ0v) is 42.6. The number of aliphatic imine (C=N–C) groups is 1. The van der Waals surface area contributed by atoms with Gasteiger partial charge in [-0.25, -0.2) is 0 Å². The van der Waals surface area contributed by atoms with Crippen LogP contribution in [0.5, 0.6) is 0 Å². The lowest BCUT2D eigenvalue weighted by molar-refractivity contribution is 0.768. The Labute approximate surface area is 448 Å². The average Bonchev–Trinajstić information content (AvgIpc) is 4.20. The SMILES string of the molecule is Cn1c2c(c3cc4c(cc31)C(c1ccccc1)(c1ccccc1)c1ccccc1-4)C=CCC=C2.N=C(/N=C(\N)c1ccccc1)n1c2ccccc2c2cc3c(cc21)C(c1ccccc1)(c1ccccc1)c1ccccc1-3. The lowest BCUT2D eigenvalue weighted by Gasteiger charge is -2.34. The number of fused-ring (bicyclic) bond motifs is 12. The summed E-state index contributed by atoms with van der Waals surface area (Å²) >= 11 is 0. The van der Waals surface area contributed by atoms with Crippen LogP contribution in [-0.2, 0) is 17.9 Å². The maximum Gasteiger partial charge on any atom is 0.229 e. The normalized spacial score (nSPS) is 14.3. The van der Waals surface area contributed by atoms with Crippen molar-refractivity contribution in [1.29, 1.82) is 5.41 Å². The van der Waals surface area contributed by atoms with Crippen LogP contribution in [-0.4, -0.2) is 20.9 Å². The molecule has 0 saturated heterocycles. The van der Waals surface area contributed by atoms with Crippen molar-refractivity contribution < 1.29 is 0 Å². The van der Waals surface area contributed by atoms with Crippen LogP contribution in [0.1, 0.15) is 67.7 Å². The van der Waals surface area contributed by atoms with Crippen molar-refractivity contribution in [3.05, 3.63) is 322 Å². The van der Waals surface area contributed by atoms with Crippen molar-refractivity contribution in [1.82, 2.24) is 9.13 Å². The number of hydrogen-bond acceptors (Lipinski definition) is 1. The molecule has 366 valence electrons. The summed E-state index contributed by atoms with van der Waals surface area (Å²) in [4.78, 5) is 4.62. The fourth-order valence-electron chi connectivity index (χ4n) is 13.2. The highest BCUT2D eigenvalue weighted by Crippen LogP contribution is 2.59. The minimum Gasteiger partial charge on any atom is -0.383 e. The van der Waals surface area contributed by atoms with Crippen LogP contribution in [0.4, 0.5) is 0 Å². The molecule has 0 aliphatic heterocycles. The first-order chi connectivity index (χ1) is 38.0. The van der Waals surface area contributed by atoms with Gasteiger partial charge in [-0.1, -0.05) is 237 Å². The van der Waals surface area contributed by atoms with Gasteiger partial charge in [0.15, 0.2) is 0 Å². The molecule has 2 aromatic heterocycles. The fraction of sp³-hybridized carbons (Fsp3) is 0.0556. The number of rotatable bonds is 5. The van der Waals surface area contributed by atoms with Gasteiger partial charge >= 0.3 is 0 Å². The van der Waals surface area contributed by atoms with E-state index in [1.807, 2.05) is 41.0 Å². The summed E-state index contributed by atoms with van der Waals surface area (Å²) in [5, 5.41) is 12.7. The first kappa shape index (κ1) is 45.7. The minimum absolute atomic E-state index is 0.0769. The Morgan fingerprint density at radius 3 is 1.42 bits per heavy atom. The van der Waals surface area contributed by atoms with Crippen LogP contribution in [0, 0.1) is 5.41 Å². The van der Waals surface area contributed by atoms with Gasteiger partial charge in [0.25, 0.3) is 0 Å². The highest BCUT2D eigenvalue weighted by molar-refractivity contribution is 6.17. The Bertz CT molecular complexity index is 4290. The summed E-state index contributed by atoms with van der Waals surface area (Å²) in [7, 11) is 2.20. The molecule has 77 heavy (non-hydrogen) atoms. The quantitative estimate of drug-likeness (QED) is 0.131. The van der Waals surface area contributed by atoms with E-state index in [9.17, 15) is 5.41 Å². The number of nitrogens with one attached hydrogen (secondary N) is 1. The second-order valence-corrected chi connectivity index (χ2v) is 20.3. The molecule has 3 aliphatic carbocycles. The molecular weight excluding hydrogens is 935 g/mol. The standard InChI is InChI=1S/C39H28N4.C33H25N/c40-37(26-14-4-1-5-15-26)42-38(41)43-35-23-13-11-21-30(35)32-24-31-29-20-10-12-22-33(29)39(34(31)25-36(32)43,27-16-6-2-7-17-27)28-18-8-3-9-19-28;1-34-31-20-10-4-9-18-26(31)28-21-27-25-17-11-12-19-29(25)33(30(27)22-32(28)34,23-13-5-2-6-14-23)24-15-7-3-8-16-24/h1-25H,(H3,40,41,42);2-3,5-22H,4H2,1H3. The van der Waals surface area contributed by atoms with E-state index in [2.05, 4.69) is 253 Å². The number of benzene rings is 10. The van der Waals surface area contributed by atoms with Crippen molar-refractivity contribution in [2.24, 2.45) is 17.8 Å². The fourth-order valence-corrected chi connectivity index (χ4v) is 13.2. The van der Waals surface area contributed by atoms with E-state index in [1.54, 1.807) is 0 Å². The van der Waals surface area contributed by atoms with Crippen molar-refractivity contribution in [2.45, 2.75) is 17.3 Å². The molecule has 0 spiro atoms. The Kier molecular flexibility index (Phi) is 10.8. The van der Waals surface area contributed by atoms with Gasteiger partial charge in [-0.2, -0.15) is 4.99 Å². The second-order valence-electron chi connectivity index (χ2n) is 20.3. The molecule has 10 aromatic carbocycles. The third-order valence-corrected chi connectivity index (χ3v) is 16.5. The Morgan fingerprint density at radius 1 is 0.429 bits per heavy atom. The largest absolute Gasteiger partial charge is 0.383 e. The van der Waals surface area contributed by atoms with E-state index in [4.69, 9.17) is 5.73 Å². The summed E-state index contributed by atoms with van der Waals surface area (Å²) in [6.45, 7) is 0. The van der Waals surface area contributed by atoms with Gasteiger partial charge in [0.05, 0.1) is 21.9 Å². The maximum absolute atomic E-state index is 9.24. The van der Waals surface area contributed by atoms with Crippen LogP contribution in [0.15, 0.2) is 266 Å². The van der Waals surface area contributed by atoms with Gasteiger partial charge in [-0.15, -0.1) is 0 Å². The molecule has 5 nitrogen and oxygen atoms in total. The minimum atomic E-state index is -0.529. The summed E-state index contributed by atoms with van der Waals surface area (Å²) in [6, 6.07) is 88.7. The highest BCUT2D eigenvalue weighted by atomic mass is 15.2. The number of allylic oxidation sites excluding steroid dienone is 2. The van der Waals surface area contributed by atoms with Crippen molar-refractivity contribution in [3.63, 3.8) is 0 Å². The summed E-state index contributed by atoms with van der Waals surface area (Å²) < 4.78 is 4.30. The lowest BCUT2D eigenvalue weighted by atomic mass is 9.67. The highest BCUT2D eigenvalue weighted by Gasteiger charge is 2.48. The number of aromatic nitrogens is 2. The molecule has 0 radical (unpaired) electrons. The van der Waals surface area contributed by atoms with Crippen LogP contribution in [0.2, 0.25) is 0 Å². The molecule has 3 aliphatic rings. The topological polar surface area (TPSA) is 72.1 Å². The van der Waals surface area contributed by atoms with E-state index in [-0.39, 0.29) is 11.4 Å². The molecule has 0 saturated carbocycles. The zero-order chi connectivity index (χ0) is 51.7. The van der Waals surface area contributed by atoms with Gasteiger partial charge in [-0.3, -0.25) is 9.98 Å². The third-order valence-electron chi connectivity index (χ3n) is 16.5. The number of nitrogens with zero attached hydrogens (tertiary/aromatic N) is 3. The number of para-hydroxylation sites is 1. The summed E-state index contributed by atoms with van der Waals surface area (Å²) in [6.07, 6.45) is 10.1. The van der Waals surface area contributed by atoms with Gasteiger partial charge < -0.3 is 10.3 Å². The van der Waals surface area contributed by atoms with E-state index in [0.29, 0.717) is 5.84 Å². The molecular formula is C72H53N5. The van der Waals surface area contributed by atoms with Crippen LogP contribution >= 0.6 is 0 Å². The molecule has 3 N–H and O–H groups in total. The predicted molar refractivity (Wildman–Crippen MR) is 320 cm³/mol. The first-order valence-corrected chi connectivity index (χ1v) is 26.5. The number of hydrogen-bond donors (Lipinski definition) is 2. The van der Waals surface area contributed by atoms with Crippen molar-refractivity contribution in [3.8, 4) is 22.3 Å². The molecule has 5 heteroatoms. The molecule has 15 rings (SSSR count). The average molecular weight is 988 g/mol. The smallest absolute Gasteiger partial charge is 0.229 e. The summed E-state index contributed by atoms with van der Waals surface area (Å²) in [5.74, 6) is 0.390. The van der Waals surface area contributed by atoms with Crippen molar-refractivity contribution >= 4 is 56.7 Å². The molecule has 0 unspecified atom stereocenters. The molecule has 2 heterocycles. The maximum atomic E-state index is 9.24. The molecule has 12 aromatic rings. The molecule has 0 amide bonds. The molecule has 0 bridgehead atoms. The van der Waals surface area contributed by atoms with E-state index < -0.39 is 5.41 Å². The van der Waals surface area contributed by atoms with Gasteiger partial charge in [-0.05, 0) is 110 Å². The number of amidine groups is 1. The van der Waals surface area contributed by atoms with Gasteiger partial charge in [0.1, 0.15) is 5.84 Å². The second kappa shape index (κ2) is 18.2. The molecule has 0 fully saturated rings. The van der Waals surface area contributed by atoms with Gasteiger partial charge in [0.2, 0.25) is 5.96 Å². The Hall–Kier alpha value is -9.84. The van der Waals surface area contributed by atoms with Crippen molar-refractivity contribution in [2.75, 3.05) is 0 Å². The number of aryl methyl sites for hydroxylation is 1. The Morgan fingerprint density at radius 2 is 0.870 bits per heavy atom. The Balaban J connectivity index is 0.000000144. The van der Waals surface area contributed by atoms with Gasteiger partial charge in [0, 0.05) is 45.5 Å². The third kappa shape index (κ3) is 6.87. The lowest BCUT2D eigenvalue weighted by Crippen LogP contribution is -2.28. The van der Waals surface area contributed by atoms with E-state index in [0.717, 1.165) is 33.8 Å². The van der Waals surface area contributed by atoms with Crippen LogP contribution in [0.25, 0.3) is 67.1 Å². The predicted octanol–water partition coefficient (Wildman–Crippen LogP) is 16.3. The monoisotopic (exact) mass is 987 g/mol. The van der Waals surface area contributed by atoms with E-state index >= 15 is 0 Å². The van der Waals surface area contributed by atoms with E-state index in [1.165, 1.54) is 88.9 Å². The number of nitrogens with two attached hydrogens (primary N) is 1. The molecule has 0 atom stereocenters. The van der Waals surface area contributed by atoms with Crippen LogP contribution < -0.4 is 5.73 Å². The first-order valence-electron chi connectivity index (χ1n) is 26.5. The van der Waals surface area contributed by atoms with Crippen LogP contribution in [0.3, 0.4) is 0 Å². The zero-order valence-electron chi connectivity index (χ0n) is 42.6.